The van der Waals surface area contributed by atoms with Crippen LogP contribution in [0.1, 0.15) is 45.1 Å². The molecule has 1 aliphatic heterocycles. The molecule has 3 aromatic rings. The van der Waals surface area contributed by atoms with Gasteiger partial charge in [-0.15, -0.1) is 0 Å². The molecule has 32 heavy (non-hydrogen) atoms. The molecule has 166 valence electrons. The number of rotatable bonds is 6. The number of amides is 2. The highest BCUT2D eigenvalue weighted by molar-refractivity contribution is 5.93. The van der Waals surface area contributed by atoms with Gasteiger partial charge in [0.1, 0.15) is 11.4 Å². The molecule has 0 bridgehead atoms. The largest absolute Gasteiger partial charge is 0.337 e. The predicted octanol–water partition coefficient (Wildman–Crippen LogP) is 3.35. The third kappa shape index (κ3) is 4.88. The molecule has 0 radical (unpaired) electrons. The van der Waals surface area contributed by atoms with Gasteiger partial charge in [-0.2, -0.15) is 5.10 Å². The Labute approximate surface area is 188 Å². The molecule has 1 saturated heterocycles. The Bertz CT molecular complexity index is 1040. The van der Waals surface area contributed by atoms with Crippen LogP contribution >= 0.6 is 0 Å². The highest BCUT2D eigenvalue weighted by atomic mass is 16.2. The lowest BCUT2D eigenvalue weighted by Gasteiger charge is -2.40. The van der Waals surface area contributed by atoms with Crippen LogP contribution in [0.5, 0.6) is 0 Å². The van der Waals surface area contributed by atoms with Crippen LogP contribution < -0.4 is 0 Å². The number of hydrogen-bond acceptors (Lipinski definition) is 4. The van der Waals surface area contributed by atoms with E-state index in [2.05, 4.69) is 27.3 Å². The first-order chi connectivity index (χ1) is 15.5. The maximum atomic E-state index is 13.2. The van der Waals surface area contributed by atoms with Gasteiger partial charge in [-0.05, 0) is 55.9 Å². The smallest absolute Gasteiger partial charge is 0.274 e. The van der Waals surface area contributed by atoms with Crippen LogP contribution in [0, 0.1) is 12.8 Å². The predicted molar refractivity (Wildman–Crippen MR) is 122 cm³/mol. The van der Waals surface area contributed by atoms with Crippen molar-refractivity contribution in [1.82, 2.24) is 25.0 Å². The van der Waals surface area contributed by atoms with E-state index in [-0.39, 0.29) is 23.8 Å². The van der Waals surface area contributed by atoms with Crippen LogP contribution in [-0.2, 0) is 6.42 Å². The van der Waals surface area contributed by atoms with Crippen LogP contribution in [0.25, 0.3) is 0 Å². The molecule has 7 nitrogen and oxygen atoms in total. The molecule has 1 aromatic carbocycles. The Balaban J connectivity index is 1.49. The minimum absolute atomic E-state index is 0.0248. The molecule has 1 unspecified atom stereocenters. The molecule has 1 fully saturated rings. The molecular formula is C25H29N5O2. The lowest BCUT2D eigenvalue weighted by molar-refractivity contribution is 0.0516. The van der Waals surface area contributed by atoms with Crippen molar-refractivity contribution in [2.75, 3.05) is 20.1 Å². The second kappa shape index (κ2) is 9.77. The summed E-state index contributed by atoms with van der Waals surface area (Å²) in [6, 6.07) is 17.5. The van der Waals surface area contributed by atoms with Gasteiger partial charge in [0.05, 0.1) is 0 Å². The van der Waals surface area contributed by atoms with Gasteiger partial charge in [0.25, 0.3) is 11.8 Å². The zero-order valence-corrected chi connectivity index (χ0v) is 18.6. The molecular weight excluding hydrogens is 402 g/mol. The number of nitrogens with zero attached hydrogens (tertiary/aromatic N) is 4. The molecule has 1 aliphatic rings. The number of pyridine rings is 1. The fourth-order valence-electron chi connectivity index (χ4n) is 4.47. The Morgan fingerprint density at radius 2 is 1.81 bits per heavy atom. The fraction of sp³-hybridized carbons (Fsp3) is 0.360. The van der Waals surface area contributed by atoms with Crippen LogP contribution in [0.2, 0.25) is 0 Å². The first kappa shape index (κ1) is 21.7. The third-order valence-electron chi connectivity index (χ3n) is 6.29. The SMILES string of the molecule is Cc1cc(C(=O)N2CCC(C(Cc3ccccc3)N(C)C(=O)c3ccccn3)CC2)n[nH]1. The third-order valence-corrected chi connectivity index (χ3v) is 6.29. The summed E-state index contributed by atoms with van der Waals surface area (Å²) in [7, 11) is 1.87. The molecule has 7 heteroatoms. The number of aromatic amines is 1. The Kier molecular flexibility index (Phi) is 6.63. The standard InChI is InChI=1S/C25H29N5O2/c1-18-16-22(28-27-18)25(32)30-14-11-20(12-15-30)23(17-19-8-4-3-5-9-19)29(2)24(31)21-10-6-7-13-26-21/h3-10,13,16,20,23H,11-12,14-15,17H2,1-2H3,(H,27,28). The minimum atomic E-state index is -0.0722. The number of hydrogen-bond donors (Lipinski definition) is 1. The average molecular weight is 432 g/mol. The molecule has 1 N–H and O–H groups in total. The number of likely N-dealkylation sites (N-methyl/N-ethyl adjacent to an activating group) is 1. The van der Waals surface area contributed by atoms with Gasteiger partial charge in [-0.3, -0.25) is 19.7 Å². The van der Waals surface area contributed by atoms with E-state index in [1.807, 2.05) is 54.1 Å². The van der Waals surface area contributed by atoms with E-state index >= 15 is 0 Å². The molecule has 3 heterocycles. The van der Waals surface area contributed by atoms with Gasteiger partial charge in [-0.1, -0.05) is 36.4 Å². The topological polar surface area (TPSA) is 82.2 Å². The second-order valence-corrected chi connectivity index (χ2v) is 8.45. The van der Waals surface area contributed by atoms with Crippen molar-refractivity contribution in [3.63, 3.8) is 0 Å². The van der Waals surface area contributed by atoms with Gasteiger partial charge in [0.2, 0.25) is 0 Å². The molecule has 2 amide bonds. The number of carbonyl (C=O) groups is 2. The molecule has 0 aliphatic carbocycles. The first-order valence-electron chi connectivity index (χ1n) is 11.1. The summed E-state index contributed by atoms with van der Waals surface area (Å²) in [5, 5.41) is 6.95. The van der Waals surface area contributed by atoms with Crippen LogP contribution in [0.15, 0.2) is 60.8 Å². The molecule has 2 aromatic heterocycles. The molecule has 4 rings (SSSR count). The van der Waals surface area contributed by atoms with Crippen molar-refractivity contribution >= 4 is 11.8 Å². The Morgan fingerprint density at radius 1 is 1.09 bits per heavy atom. The van der Waals surface area contributed by atoms with E-state index < -0.39 is 0 Å². The number of benzene rings is 1. The lowest BCUT2D eigenvalue weighted by Crippen LogP contribution is -2.48. The van der Waals surface area contributed by atoms with Crippen molar-refractivity contribution in [2.45, 2.75) is 32.2 Å². The van der Waals surface area contributed by atoms with E-state index in [4.69, 9.17) is 0 Å². The van der Waals surface area contributed by atoms with Gasteiger partial charge in [0.15, 0.2) is 0 Å². The van der Waals surface area contributed by atoms with E-state index in [0.717, 1.165) is 25.0 Å². The molecule has 0 saturated carbocycles. The first-order valence-corrected chi connectivity index (χ1v) is 11.1. The maximum absolute atomic E-state index is 13.2. The van der Waals surface area contributed by atoms with E-state index in [1.54, 1.807) is 18.3 Å². The van der Waals surface area contributed by atoms with E-state index in [1.165, 1.54) is 5.56 Å². The zero-order valence-electron chi connectivity index (χ0n) is 18.6. The normalized spacial score (nSPS) is 15.4. The van der Waals surface area contributed by atoms with Gasteiger partial charge < -0.3 is 9.80 Å². The Morgan fingerprint density at radius 3 is 2.44 bits per heavy atom. The molecule has 0 spiro atoms. The number of H-pyrrole nitrogens is 1. The number of likely N-dealkylation sites (tertiary alicyclic amines) is 1. The van der Waals surface area contributed by atoms with E-state index in [0.29, 0.717) is 24.5 Å². The van der Waals surface area contributed by atoms with Gasteiger partial charge in [-0.25, -0.2) is 0 Å². The zero-order chi connectivity index (χ0) is 22.5. The quantitative estimate of drug-likeness (QED) is 0.649. The minimum Gasteiger partial charge on any atom is -0.337 e. The number of aromatic nitrogens is 3. The maximum Gasteiger partial charge on any atom is 0.274 e. The summed E-state index contributed by atoms with van der Waals surface area (Å²) < 4.78 is 0. The summed E-state index contributed by atoms with van der Waals surface area (Å²) in [5.41, 5.74) is 2.99. The highest BCUT2D eigenvalue weighted by Gasteiger charge is 2.33. The van der Waals surface area contributed by atoms with Crippen molar-refractivity contribution in [3.8, 4) is 0 Å². The summed E-state index contributed by atoms with van der Waals surface area (Å²) in [6.45, 7) is 3.21. The highest BCUT2D eigenvalue weighted by Crippen LogP contribution is 2.28. The van der Waals surface area contributed by atoms with Crippen LogP contribution in [0.3, 0.4) is 0 Å². The van der Waals surface area contributed by atoms with Crippen LogP contribution in [0.4, 0.5) is 0 Å². The van der Waals surface area contributed by atoms with Crippen molar-refractivity contribution < 1.29 is 9.59 Å². The fourth-order valence-corrected chi connectivity index (χ4v) is 4.47. The number of aryl methyl sites for hydroxylation is 1. The lowest BCUT2D eigenvalue weighted by atomic mass is 9.84. The number of nitrogens with one attached hydrogen (secondary N) is 1. The average Bonchev–Trinajstić information content (AvgIpc) is 3.29. The van der Waals surface area contributed by atoms with Crippen molar-refractivity contribution in [3.05, 3.63) is 83.4 Å². The summed E-state index contributed by atoms with van der Waals surface area (Å²) in [5.74, 6) is 0.181. The molecule has 1 atom stereocenters. The number of carbonyl (C=O) groups excluding carboxylic acids is 2. The van der Waals surface area contributed by atoms with Crippen LogP contribution in [-0.4, -0.2) is 63.0 Å². The monoisotopic (exact) mass is 431 g/mol. The number of piperidine rings is 1. The summed E-state index contributed by atoms with van der Waals surface area (Å²) in [6.07, 6.45) is 4.10. The summed E-state index contributed by atoms with van der Waals surface area (Å²) >= 11 is 0. The van der Waals surface area contributed by atoms with Gasteiger partial charge >= 0.3 is 0 Å². The second-order valence-electron chi connectivity index (χ2n) is 8.45. The van der Waals surface area contributed by atoms with Crippen molar-refractivity contribution in [2.24, 2.45) is 5.92 Å². The van der Waals surface area contributed by atoms with E-state index in [9.17, 15) is 9.59 Å². The van der Waals surface area contributed by atoms with Crippen molar-refractivity contribution in [1.29, 1.82) is 0 Å². The van der Waals surface area contributed by atoms with Gasteiger partial charge in [0, 0.05) is 38.1 Å². The Hall–Kier alpha value is -3.48. The summed E-state index contributed by atoms with van der Waals surface area (Å²) in [4.78, 5) is 33.9.